The third kappa shape index (κ3) is 3.92. The van der Waals surface area contributed by atoms with Crippen LogP contribution < -0.4 is 0 Å². The van der Waals surface area contributed by atoms with E-state index in [2.05, 4.69) is 5.18 Å². The summed E-state index contributed by atoms with van der Waals surface area (Å²) in [6.07, 6.45) is -4.82. The van der Waals surface area contributed by atoms with Crippen molar-refractivity contribution in [1.82, 2.24) is 4.90 Å². The molecular formula is C19H19F3N2O2. The van der Waals surface area contributed by atoms with E-state index in [1.165, 1.54) is 12.1 Å². The normalized spacial score (nSPS) is 13.7. The SMILES string of the molecule is CCN(Cc1ccccc1)C(=O)c1ccc(C(C)(N=O)C(F)(F)F)cc1. The molecule has 0 aliphatic heterocycles. The van der Waals surface area contributed by atoms with Gasteiger partial charge in [-0.05, 0) is 42.3 Å². The monoisotopic (exact) mass is 364 g/mol. The van der Waals surface area contributed by atoms with E-state index in [0.29, 0.717) is 20.0 Å². The second-order valence-electron chi connectivity index (χ2n) is 6.04. The Labute approximate surface area is 149 Å². The highest BCUT2D eigenvalue weighted by molar-refractivity contribution is 5.94. The van der Waals surface area contributed by atoms with Crippen LogP contribution >= 0.6 is 0 Å². The van der Waals surface area contributed by atoms with Crippen LogP contribution in [0, 0.1) is 4.91 Å². The average molecular weight is 364 g/mol. The summed E-state index contributed by atoms with van der Waals surface area (Å²) >= 11 is 0. The molecule has 1 amide bonds. The maximum atomic E-state index is 13.1. The molecule has 0 bridgehead atoms. The van der Waals surface area contributed by atoms with Gasteiger partial charge >= 0.3 is 6.18 Å². The summed E-state index contributed by atoms with van der Waals surface area (Å²) < 4.78 is 39.3. The minimum atomic E-state index is -4.82. The molecular weight excluding hydrogens is 345 g/mol. The van der Waals surface area contributed by atoms with Gasteiger partial charge in [-0.15, -0.1) is 4.91 Å². The van der Waals surface area contributed by atoms with E-state index >= 15 is 0 Å². The molecule has 26 heavy (non-hydrogen) atoms. The number of hydrogen-bond acceptors (Lipinski definition) is 3. The predicted molar refractivity (Wildman–Crippen MR) is 92.5 cm³/mol. The molecule has 1 unspecified atom stereocenters. The lowest BCUT2D eigenvalue weighted by Gasteiger charge is -2.25. The number of amides is 1. The molecule has 1 atom stereocenters. The van der Waals surface area contributed by atoms with E-state index in [0.717, 1.165) is 17.7 Å². The Morgan fingerprint density at radius 3 is 2.08 bits per heavy atom. The maximum Gasteiger partial charge on any atom is 0.421 e. The fourth-order valence-corrected chi connectivity index (χ4v) is 2.52. The number of benzene rings is 2. The van der Waals surface area contributed by atoms with Crippen LogP contribution in [0.25, 0.3) is 0 Å². The van der Waals surface area contributed by atoms with Crippen LogP contribution in [0.5, 0.6) is 0 Å². The van der Waals surface area contributed by atoms with Gasteiger partial charge in [-0.25, -0.2) is 0 Å². The molecule has 0 radical (unpaired) electrons. The summed E-state index contributed by atoms with van der Waals surface area (Å²) in [5.41, 5.74) is -1.94. The van der Waals surface area contributed by atoms with Crippen molar-refractivity contribution in [2.24, 2.45) is 5.18 Å². The van der Waals surface area contributed by atoms with Crippen LogP contribution in [0.1, 0.15) is 35.3 Å². The standard InChI is InChI=1S/C19H19F3N2O2/c1-3-24(13-14-7-5-4-6-8-14)17(25)15-9-11-16(12-10-15)18(2,23-26)19(20,21)22/h4-12H,3,13H2,1-2H3. The fraction of sp³-hybridized carbons (Fsp3) is 0.316. The van der Waals surface area contributed by atoms with Gasteiger partial charge in [0.15, 0.2) is 0 Å². The van der Waals surface area contributed by atoms with Gasteiger partial charge in [0.1, 0.15) is 0 Å². The zero-order valence-corrected chi connectivity index (χ0v) is 14.5. The number of nitroso groups, excluding NO2 is 1. The summed E-state index contributed by atoms with van der Waals surface area (Å²) in [5.74, 6) is -0.296. The molecule has 0 aliphatic carbocycles. The van der Waals surface area contributed by atoms with Gasteiger partial charge in [0.25, 0.3) is 5.91 Å². The minimum absolute atomic E-state index is 0.252. The lowest BCUT2D eigenvalue weighted by atomic mass is 9.91. The van der Waals surface area contributed by atoms with Crippen LogP contribution in [-0.4, -0.2) is 23.5 Å². The second-order valence-corrected chi connectivity index (χ2v) is 6.04. The largest absolute Gasteiger partial charge is 0.421 e. The molecule has 2 aromatic carbocycles. The van der Waals surface area contributed by atoms with Crippen molar-refractivity contribution in [2.75, 3.05) is 6.54 Å². The van der Waals surface area contributed by atoms with Crippen molar-refractivity contribution in [3.63, 3.8) is 0 Å². The summed E-state index contributed by atoms with van der Waals surface area (Å²) in [4.78, 5) is 25.0. The molecule has 7 heteroatoms. The number of rotatable bonds is 6. The van der Waals surface area contributed by atoms with Crippen LogP contribution in [0.15, 0.2) is 59.8 Å². The van der Waals surface area contributed by atoms with Crippen LogP contribution in [0.3, 0.4) is 0 Å². The Bertz CT molecular complexity index is 761. The molecule has 0 aromatic heterocycles. The first kappa shape index (κ1) is 19.6. The van der Waals surface area contributed by atoms with Gasteiger partial charge in [-0.1, -0.05) is 42.5 Å². The highest BCUT2D eigenvalue weighted by Crippen LogP contribution is 2.41. The first-order valence-corrected chi connectivity index (χ1v) is 8.08. The van der Waals surface area contributed by atoms with Crippen molar-refractivity contribution in [3.8, 4) is 0 Å². The van der Waals surface area contributed by atoms with Crippen molar-refractivity contribution < 1.29 is 18.0 Å². The van der Waals surface area contributed by atoms with E-state index < -0.39 is 11.7 Å². The van der Waals surface area contributed by atoms with Crippen LogP contribution in [0.2, 0.25) is 0 Å². The van der Waals surface area contributed by atoms with Crippen LogP contribution in [0.4, 0.5) is 13.2 Å². The molecule has 0 spiro atoms. The Hall–Kier alpha value is -2.70. The Kier molecular flexibility index (Phi) is 5.79. The number of halogens is 3. The molecule has 138 valence electrons. The minimum Gasteiger partial charge on any atom is -0.335 e. The lowest BCUT2D eigenvalue weighted by molar-refractivity contribution is -0.183. The smallest absolute Gasteiger partial charge is 0.335 e. The van der Waals surface area contributed by atoms with E-state index in [9.17, 15) is 22.9 Å². The van der Waals surface area contributed by atoms with Crippen LogP contribution in [-0.2, 0) is 12.1 Å². The molecule has 4 nitrogen and oxygen atoms in total. The Morgan fingerprint density at radius 2 is 1.62 bits per heavy atom. The Balaban J connectivity index is 2.23. The third-order valence-electron chi connectivity index (χ3n) is 4.31. The number of carbonyl (C=O) groups excluding carboxylic acids is 1. The second kappa shape index (κ2) is 7.68. The first-order chi connectivity index (χ1) is 12.2. The molecule has 0 aliphatic rings. The quantitative estimate of drug-likeness (QED) is 0.685. The van der Waals surface area contributed by atoms with Gasteiger partial charge in [-0.3, -0.25) is 4.79 Å². The third-order valence-corrected chi connectivity index (χ3v) is 4.31. The zero-order chi connectivity index (χ0) is 19.4. The summed E-state index contributed by atoms with van der Waals surface area (Å²) in [6.45, 7) is 3.39. The number of alkyl halides is 3. The van der Waals surface area contributed by atoms with E-state index in [4.69, 9.17) is 0 Å². The van der Waals surface area contributed by atoms with Crippen molar-refractivity contribution in [3.05, 3.63) is 76.2 Å². The average Bonchev–Trinajstić information content (AvgIpc) is 2.65. The molecule has 0 saturated heterocycles. The Morgan fingerprint density at radius 1 is 1.04 bits per heavy atom. The van der Waals surface area contributed by atoms with E-state index in [1.54, 1.807) is 4.90 Å². The first-order valence-electron chi connectivity index (χ1n) is 8.08. The molecule has 0 saturated carbocycles. The van der Waals surface area contributed by atoms with Crippen molar-refractivity contribution in [2.45, 2.75) is 32.1 Å². The fourth-order valence-electron chi connectivity index (χ4n) is 2.52. The molecule has 0 heterocycles. The molecule has 0 fully saturated rings. The topological polar surface area (TPSA) is 49.7 Å². The van der Waals surface area contributed by atoms with Gasteiger partial charge < -0.3 is 4.90 Å². The number of nitrogens with zero attached hydrogens (tertiary/aromatic N) is 2. The maximum absolute atomic E-state index is 13.1. The van der Waals surface area contributed by atoms with Crippen molar-refractivity contribution >= 4 is 5.91 Å². The van der Waals surface area contributed by atoms with Gasteiger partial charge in [0.2, 0.25) is 5.54 Å². The zero-order valence-electron chi connectivity index (χ0n) is 14.5. The summed E-state index contributed by atoms with van der Waals surface area (Å²) in [7, 11) is 0. The van der Waals surface area contributed by atoms with E-state index in [1.807, 2.05) is 37.3 Å². The highest BCUT2D eigenvalue weighted by atomic mass is 19.4. The van der Waals surface area contributed by atoms with Gasteiger partial charge in [0, 0.05) is 18.7 Å². The number of hydrogen-bond donors (Lipinski definition) is 0. The predicted octanol–water partition coefficient (Wildman–Crippen LogP) is 4.89. The van der Waals surface area contributed by atoms with Crippen molar-refractivity contribution in [1.29, 1.82) is 0 Å². The lowest BCUT2D eigenvalue weighted by Crippen LogP contribution is -2.37. The van der Waals surface area contributed by atoms with Gasteiger partial charge in [-0.2, -0.15) is 13.2 Å². The highest BCUT2D eigenvalue weighted by Gasteiger charge is 2.54. The number of carbonyl (C=O) groups is 1. The summed E-state index contributed by atoms with van der Waals surface area (Å²) in [6, 6.07) is 14.2. The molecule has 0 N–H and O–H groups in total. The summed E-state index contributed by atoms with van der Waals surface area (Å²) in [5, 5.41) is 2.27. The molecule has 2 aromatic rings. The van der Waals surface area contributed by atoms with Gasteiger partial charge in [0.05, 0.1) is 0 Å². The van der Waals surface area contributed by atoms with E-state index in [-0.39, 0.29) is 17.0 Å². The molecule has 2 rings (SSSR count).